The van der Waals surface area contributed by atoms with Crippen molar-refractivity contribution < 1.29 is 52.5 Å². The number of ketones is 1. The van der Waals surface area contributed by atoms with Crippen molar-refractivity contribution in [3.8, 4) is 0 Å². The number of hydrogen-bond donors (Lipinski definition) is 0. The van der Waals surface area contributed by atoms with Crippen molar-refractivity contribution in [1.29, 1.82) is 0 Å². The summed E-state index contributed by atoms with van der Waals surface area (Å²) >= 11 is 0. The van der Waals surface area contributed by atoms with E-state index in [0.717, 1.165) is 32.1 Å². The molecular formula is C53H88O11. The lowest BCUT2D eigenvalue weighted by Crippen LogP contribution is -2.54. The monoisotopic (exact) mass is 901 g/mol. The Hall–Kier alpha value is -2.98. The molecule has 64 heavy (non-hydrogen) atoms. The summed E-state index contributed by atoms with van der Waals surface area (Å²) in [4.78, 5) is 77.5. The van der Waals surface area contributed by atoms with E-state index in [0.29, 0.717) is 55.1 Å². The minimum absolute atomic E-state index is 0.00393. The molecule has 4 aliphatic rings. The fraction of sp³-hybridized carbons (Fsp3) is 0.887. The zero-order valence-electron chi connectivity index (χ0n) is 42.5. The molecule has 11 nitrogen and oxygen atoms in total. The molecular weight excluding hydrogens is 813 g/mol. The molecule has 4 saturated carbocycles. The second-order valence-electron chi connectivity index (χ2n) is 25.1. The molecule has 366 valence electrons. The van der Waals surface area contributed by atoms with Gasteiger partial charge >= 0.3 is 29.8 Å². The Kier molecular flexibility index (Phi) is 17.9. The zero-order valence-corrected chi connectivity index (χ0v) is 42.5. The van der Waals surface area contributed by atoms with E-state index in [9.17, 15) is 28.8 Å². The van der Waals surface area contributed by atoms with E-state index < -0.39 is 46.7 Å². The first-order valence-corrected chi connectivity index (χ1v) is 24.9. The quantitative estimate of drug-likeness (QED) is 0.0653. The smallest absolute Gasteiger partial charge is 0.311 e. The molecule has 4 rings (SSSR count). The Morgan fingerprint density at radius 1 is 0.625 bits per heavy atom. The van der Waals surface area contributed by atoms with Gasteiger partial charge in [-0.2, -0.15) is 0 Å². The van der Waals surface area contributed by atoms with Gasteiger partial charge in [0.25, 0.3) is 0 Å². The van der Waals surface area contributed by atoms with Crippen LogP contribution in [0.25, 0.3) is 0 Å². The largest absolute Gasteiger partial charge is 0.466 e. The summed E-state index contributed by atoms with van der Waals surface area (Å²) in [6, 6.07) is 0. The topological polar surface area (TPSA) is 149 Å². The number of esters is 5. The van der Waals surface area contributed by atoms with Gasteiger partial charge in [0, 0.05) is 25.2 Å². The highest BCUT2D eigenvalue weighted by Crippen LogP contribution is 2.67. The van der Waals surface area contributed by atoms with Gasteiger partial charge in [0.2, 0.25) is 0 Å². The van der Waals surface area contributed by atoms with Crippen LogP contribution in [0.5, 0.6) is 0 Å². The lowest BCUT2D eigenvalue weighted by molar-refractivity contribution is -0.174. The fourth-order valence-electron chi connectivity index (χ4n) is 13.4. The summed E-state index contributed by atoms with van der Waals surface area (Å²) in [7, 11) is 0. The molecule has 4 fully saturated rings. The summed E-state index contributed by atoms with van der Waals surface area (Å²) in [5, 5.41) is 0. The highest BCUT2D eigenvalue weighted by Gasteiger charge is 2.61. The molecule has 4 unspecified atom stereocenters. The van der Waals surface area contributed by atoms with E-state index in [1.54, 1.807) is 13.8 Å². The van der Waals surface area contributed by atoms with Crippen molar-refractivity contribution in [3.63, 3.8) is 0 Å². The van der Waals surface area contributed by atoms with Crippen LogP contribution in [0.3, 0.4) is 0 Å². The number of carbonyl (C=O) groups is 6. The van der Waals surface area contributed by atoms with Crippen molar-refractivity contribution >= 4 is 35.6 Å². The average molecular weight is 901 g/mol. The maximum Gasteiger partial charge on any atom is 0.311 e. The van der Waals surface area contributed by atoms with Crippen molar-refractivity contribution in [2.75, 3.05) is 19.8 Å². The molecule has 0 aromatic heterocycles. The Bertz CT molecular complexity index is 1610. The first-order valence-electron chi connectivity index (χ1n) is 24.9. The molecule has 0 saturated heterocycles. The zero-order chi connectivity index (χ0) is 48.1. The van der Waals surface area contributed by atoms with Crippen LogP contribution in [-0.2, 0) is 52.5 Å². The van der Waals surface area contributed by atoms with Crippen LogP contribution in [0.1, 0.15) is 200 Å². The van der Waals surface area contributed by atoms with Gasteiger partial charge in [0.05, 0.1) is 17.4 Å². The van der Waals surface area contributed by atoms with Crippen LogP contribution in [0.15, 0.2) is 0 Å². The molecule has 0 heterocycles. The van der Waals surface area contributed by atoms with Crippen molar-refractivity contribution in [2.24, 2.45) is 68.0 Å². The van der Waals surface area contributed by atoms with Gasteiger partial charge in [-0.3, -0.25) is 28.8 Å². The third-order valence-corrected chi connectivity index (χ3v) is 15.6. The lowest BCUT2D eigenvalue weighted by Gasteiger charge is -2.61. The molecule has 0 bridgehead atoms. The minimum Gasteiger partial charge on any atom is -0.466 e. The summed E-state index contributed by atoms with van der Waals surface area (Å²) in [6.45, 7) is 27.6. The van der Waals surface area contributed by atoms with E-state index in [2.05, 4.69) is 13.8 Å². The van der Waals surface area contributed by atoms with Crippen LogP contribution in [-0.4, -0.2) is 67.7 Å². The number of carbonyl (C=O) groups excluding carboxylic acids is 6. The molecule has 4 aliphatic carbocycles. The molecule has 0 spiro atoms. The number of unbranched alkanes of at least 4 members (excludes halogenated alkanes) is 1. The van der Waals surface area contributed by atoms with Gasteiger partial charge in [-0.05, 0) is 169 Å². The SMILES string of the molecule is CC(=O)[C@H]1CCC2[C@@H]3CCC4C[C@@H](OC(=O)CCCCOC(=O)CC(C)CC(=O)OC(COC(=O)C(C)(C)CC(C)(C)C)COC(=O)C(C)(C)CC(C)(C)C)CC[C@]4(C)C3CC[C@@]21C. The summed E-state index contributed by atoms with van der Waals surface area (Å²) in [6.07, 6.45) is 11.3. The third kappa shape index (κ3) is 14.5. The minimum atomic E-state index is -1.02. The number of ether oxygens (including phenoxy) is 5. The molecule has 0 aromatic rings. The van der Waals surface area contributed by atoms with Crippen LogP contribution < -0.4 is 0 Å². The molecule has 11 heteroatoms. The van der Waals surface area contributed by atoms with E-state index in [4.69, 9.17) is 23.7 Å². The lowest BCUT2D eigenvalue weighted by atomic mass is 9.44. The molecule has 0 aliphatic heterocycles. The molecule has 9 atom stereocenters. The van der Waals surface area contributed by atoms with Crippen LogP contribution in [0.2, 0.25) is 0 Å². The Labute approximate surface area is 386 Å². The predicted molar refractivity (Wildman–Crippen MR) is 246 cm³/mol. The van der Waals surface area contributed by atoms with E-state index in [-0.39, 0.29) is 78.7 Å². The second kappa shape index (κ2) is 21.3. The maximum atomic E-state index is 13.1. The maximum absolute atomic E-state index is 13.1. The Morgan fingerprint density at radius 3 is 1.73 bits per heavy atom. The third-order valence-electron chi connectivity index (χ3n) is 15.6. The summed E-state index contributed by atoms with van der Waals surface area (Å²) in [5.74, 6) is 0.693. The molecule has 0 radical (unpaired) electrons. The Morgan fingerprint density at radius 2 is 1.17 bits per heavy atom. The second-order valence-corrected chi connectivity index (χ2v) is 25.1. The highest BCUT2D eigenvalue weighted by molar-refractivity contribution is 5.80. The first-order chi connectivity index (χ1) is 29.5. The predicted octanol–water partition coefficient (Wildman–Crippen LogP) is 11.2. The van der Waals surface area contributed by atoms with E-state index in [1.807, 2.05) is 69.2 Å². The first kappa shape index (κ1) is 53.6. The van der Waals surface area contributed by atoms with Gasteiger partial charge in [0.15, 0.2) is 6.10 Å². The van der Waals surface area contributed by atoms with Crippen molar-refractivity contribution in [3.05, 3.63) is 0 Å². The molecule has 0 amide bonds. The van der Waals surface area contributed by atoms with Crippen molar-refractivity contribution in [2.45, 2.75) is 212 Å². The van der Waals surface area contributed by atoms with Gasteiger partial charge in [0.1, 0.15) is 25.1 Å². The highest BCUT2D eigenvalue weighted by atomic mass is 16.6. The number of Topliss-reactive ketones (excluding diaryl/α,β-unsaturated/α-hetero) is 1. The van der Waals surface area contributed by atoms with E-state index >= 15 is 0 Å². The number of fused-ring (bicyclic) bond motifs is 5. The van der Waals surface area contributed by atoms with Crippen LogP contribution in [0, 0.1) is 68.0 Å². The van der Waals surface area contributed by atoms with Crippen LogP contribution >= 0.6 is 0 Å². The molecule has 0 aromatic carbocycles. The number of rotatable bonds is 20. The Balaban J connectivity index is 1.16. The normalized spacial score (nSPS) is 28.8. The summed E-state index contributed by atoms with van der Waals surface area (Å²) < 4.78 is 28.5. The van der Waals surface area contributed by atoms with Crippen molar-refractivity contribution in [1.82, 2.24) is 0 Å². The van der Waals surface area contributed by atoms with E-state index in [1.165, 1.54) is 25.7 Å². The van der Waals surface area contributed by atoms with Gasteiger partial charge in [-0.25, -0.2) is 0 Å². The van der Waals surface area contributed by atoms with Gasteiger partial charge in [-0.15, -0.1) is 0 Å². The standard InChI is InChI=1S/C53H88O11/c1-34(28-45(57)64-38(30-61-46(58)50(9,10)32-48(3,4)5)31-62-47(59)51(11,12)33-49(6,7)8)27-44(56)60-26-16-15-17-43(55)63-37-22-24-52(13)36(29-37)18-19-39-41-21-20-40(35(2)54)53(41,14)25-23-42(39)52/h34,36-42H,15-33H2,1-14H3/t34?,36?,37-,39-,40+,41?,42?,52-,53+/m0/s1. The summed E-state index contributed by atoms with van der Waals surface area (Å²) in [5.41, 5.74) is -1.38. The van der Waals surface area contributed by atoms with Gasteiger partial charge < -0.3 is 23.7 Å². The fourth-order valence-corrected chi connectivity index (χ4v) is 13.4. The average Bonchev–Trinajstić information content (AvgIpc) is 3.51. The van der Waals surface area contributed by atoms with Crippen LogP contribution in [0.4, 0.5) is 0 Å². The molecule has 0 N–H and O–H groups in total. The van der Waals surface area contributed by atoms with Gasteiger partial charge in [-0.1, -0.05) is 62.3 Å². The number of hydrogen-bond acceptors (Lipinski definition) is 11.